The van der Waals surface area contributed by atoms with Crippen molar-refractivity contribution >= 4 is 25.6 Å². The summed E-state index contributed by atoms with van der Waals surface area (Å²) in [5.74, 6) is -3.19. The Hall–Kier alpha value is -1.35. The van der Waals surface area contributed by atoms with Gasteiger partial charge in [-0.25, -0.2) is 21.6 Å². The predicted octanol–water partition coefficient (Wildman–Crippen LogP) is -0.0628. The lowest BCUT2D eigenvalue weighted by Crippen LogP contribution is -2.17. The molecule has 0 aliphatic rings. The molecule has 0 saturated carbocycles. The number of rotatable bonds is 6. The summed E-state index contributed by atoms with van der Waals surface area (Å²) in [4.78, 5) is 10.5. The SMILES string of the molecule is CS(=O)(=O)CCS(=O)(=O)Cc1ccc(C(=O)O)o1. The fraction of sp³-hybridized carbons (Fsp3) is 0.444. The van der Waals surface area contributed by atoms with Gasteiger partial charge in [0.15, 0.2) is 9.84 Å². The first kappa shape index (κ1) is 14.7. The molecule has 0 radical (unpaired) electrons. The summed E-state index contributed by atoms with van der Waals surface area (Å²) in [5.41, 5.74) is 0. The van der Waals surface area contributed by atoms with E-state index >= 15 is 0 Å². The summed E-state index contributed by atoms with van der Waals surface area (Å²) < 4.78 is 49.6. The molecule has 1 aromatic rings. The first-order chi connectivity index (χ1) is 8.09. The van der Waals surface area contributed by atoms with Crippen LogP contribution in [-0.2, 0) is 25.4 Å². The van der Waals surface area contributed by atoms with E-state index in [4.69, 9.17) is 9.52 Å². The Morgan fingerprint density at radius 1 is 1.22 bits per heavy atom. The number of sulfone groups is 2. The Morgan fingerprint density at radius 2 is 1.83 bits per heavy atom. The van der Waals surface area contributed by atoms with Crippen LogP contribution in [0.2, 0.25) is 0 Å². The second-order valence-corrected chi connectivity index (χ2v) is 8.24. The number of hydrogen-bond donors (Lipinski definition) is 1. The van der Waals surface area contributed by atoms with E-state index in [1.54, 1.807) is 0 Å². The van der Waals surface area contributed by atoms with Crippen LogP contribution < -0.4 is 0 Å². The second kappa shape index (κ2) is 5.11. The molecule has 18 heavy (non-hydrogen) atoms. The molecule has 0 fully saturated rings. The highest BCUT2D eigenvalue weighted by atomic mass is 32.2. The third-order valence-electron chi connectivity index (χ3n) is 2.00. The Bertz CT molecular complexity index is 636. The van der Waals surface area contributed by atoms with Gasteiger partial charge in [0.1, 0.15) is 21.4 Å². The Labute approximate surface area is 104 Å². The van der Waals surface area contributed by atoms with Crippen molar-refractivity contribution in [3.05, 3.63) is 23.7 Å². The highest BCUT2D eigenvalue weighted by Gasteiger charge is 2.18. The van der Waals surface area contributed by atoms with E-state index < -0.39 is 42.9 Å². The minimum absolute atomic E-state index is 0.0269. The molecule has 0 spiro atoms. The molecule has 0 saturated heterocycles. The van der Waals surface area contributed by atoms with Gasteiger partial charge in [-0.15, -0.1) is 0 Å². The van der Waals surface area contributed by atoms with Crippen LogP contribution in [0, 0.1) is 0 Å². The van der Waals surface area contributed by atoms with Crippen LogP contribution in [0.1, 0.15) is 16.3 Å². The first-order valence-electron chi connectivity index (χ1n) is 4.79. The van der Waals surface area contributed by atoms with Crippen molar-refractivity contribution in [2.45, 2.75) is 5.75 Å². The van der Waals surface area contributed by atoms with E-state index in [1.165, 1.54) is 6.07 Å². The number of carboxylic acids is 1. The average molecular weight is 296 g/mol. The third kappa shape index (κ3) is 4.88. The number of furan rings is 1. The lowest BCUT2D eigenvalue weighted by molar-refractivity contribution is 0.0660. The second-order valence-electron chi connectivity index (χ2n) is 3.79. The van der Waals surface area contributed by atoms with Crippen molar-refractivity contribution in [3.8, 4) is 0 Å². The fourth-order valence-electron chi connectivity index (χ4n) is 1.14. The minimum Gasteiger partial charge on any atom is -0.475 e. The van der Waals surface area contributed by atoms with Gasteiger partial charge in [0, 0.05) is 6.26 Å². The van der Waals surface area contributed by atoms with Crippen LogP contribution in [0.4, 0.5) is 0 Å². The normalized spacial score (nSPS) is 12.5. The summed E-state index contributed by atoms with van der Waals surface area (Å²) >= 11 is 0. The van der Waals surface area contributed by atoms with Crippen molar-refractivity contribution in [2.75, 3.05) is 17.8 Å². The molecule has 102 valence electrons. The van der Waals surface area contributed by atoms with Crippen LogP contribution in [0.15, 0.2) is 16.5 Å². The molecule has 1 rings (SSSR count). The smallest absolute Gasteiger partial charge is 0.371 e. The zero-order valence-electron chi connectivity index (χ0n) is 9.49. The van der Waals surface area contributed by atoms with E-state index in [1.807, 2.05) is 0 Å². The highest BCUT2D eigenvalue weighted by Crippen LogP contribution is 2.12. The van der Waals surface area contributed by atoms with E-state index in [-0.39, 0.29) is 11.5 Å². The van der Waals surface area contributed by atoms with E-state index in [0.29, 0.717) is 0 Å². The van der Waals surface area contributed by atoms with Crippen molar-refractivity contribution < 1.29 is 31.2 Å². The highest BCUT2D eigenvalue weighted by molar-refractivity contribution is 7.94. The average Bonchev–Trinajstić information content (AvgIpc) is 2.62. The minimum atomic E-state index is -3.65. The Balaban J connectivity index is 2.73. The molecule has 7 nitrogen and oxygen atoms in total. The standard InChI is InChI=1S/C9H12O7S2/c1-17(12,13)4-5-18(14,15)6-7-2-3-8(16-7)9(10)11/h2-3H,4-6H2,1H3,(H,10,11). The Kier molecular flexibility index (Phi) is 4.17. The molecule has 0 aliphatic heterocycles. The maximum Gasteiger partial charge on any atom is 0.371 e. The van der Waals surface area contributed by atoms with Crippen molar-refractivity contribution in [1.82, 2.24) is 0 Å². The van der Waals surface area contributed by atoms with Gasteiger partial charge in [-0.05, 0) is 12.1 Å². The van der Waals surface area contributed by atoms with Crippen LogP contribution in [0.5, 0.6) is 0 Å². The number of carboxylic acid groups (broad SMARTS) is 1. The summed E-state index contributed by atoms with van der Waals surface area (Å²) in [6.07, 6.45) is 0.942. The zero-order chi connectivity index (χ0) is 14.0. The van der Waals surface area contributed by atoms with Gasteiger partial charge < -0.3 is 9.52 Å². The molecule has 1 heterocycles. The van der Waals surface area contributed by atoms with Crippen molar-refractivity contribution in [1.29, 1.82) is 0 Å². The number of carbonyl (C=O) groups is 1. The molecule has 0 amide bonds. The molecule has 0 unspecified atom stereocenters. The molecule has 0 atom stereocenters. The quantitative estimate of drug-likeness (QED) is 0.780. The predicted molar refractivity (Wildman–Crippen MR) is 62.9 cm³/mol. The van der Waals surface area contributed by atoms with Crippen LogP contribution in [0.3, 0.4) is 0 Å². The first-order valence-corrected chi connectivity index (χ1v) is 8.67. The van der Waals surface area contributed by atoms with E-state index in [0.717, 1.165) is 12.3 Å². The fourth-order valence-corrected chi connectivity index (χ4v) is 4.10. The maximum atomic E-state index is 11.6. The van der Waals surface area contributed by atoms with Gasteiger partial charge >= 0.3 is 5.97 Å². The van der Waals surface area contributed by atoms with Crippen molar-refractivity contribution in [3.63, 3.8) is 0 Å². The molecular formula is C9H12O7S2. The summed E-state index contributed by atoms with van der Waals surface area (Å²) in [6, 6.07) is 2.38. The molecule has 1 N–H and O–H groups in total. The van der Waals surface area contributed by atoms with E-state index in [9.17, 15) is 21.6 Å². The molecule has 1 aromatic heterocycles. The molecule has 0 aliphatic carbocycles. The third-order valence-corrected chi connectivity index (χ3v) is 4.75. The van der Waals surface area contributed by atoms with Gasteiger partial charge in [0.25, 0.3) is 0 Å². The van der Waals surface area contributed by atoms with Gasteiger partial charge in [-0.1, -0.05) is 0 Å². The van der Waals surface area contributed by atoms with Crippen LogP contribution >= 0.6 is 0 Å². The molecule has 9 heteroatoms. The van der Waals surface area contributed by atoms with Crippen LogP contribution in [-0.4, -0.2) is 45.7 Å². The van der Waals surface area contributed by atoms with Gasteiger partial charge in [-0.2, -0.15) is 0 Å². The molecule has 0 aromatic carbocycles. The lowest BCUT2D eigenvalue weighted by Gasteiger charge is -2.01. The molecular weight excluding hydrogens is 284 g/mol. The number of aromatic carboxylic acids is 1. The van der Waals surface area contributed by atoms with Gasteiger partial charge in [0.2, 0.25) is 5.76 Å². The Morgan fingerprint density at radius 3 is 2.28 bits per heavy atom. The topological polar surface area (TPSA) is 119 Å². The summed E-state index contributed by atoms with van der Waals surface area (Å²) in [5, 5.41) is 8.58. The van der Waals surface area contributed by atoms with Gasteiger partial charge in [0.05, 0.1) is 11.5 Å². The molecule has 0 bridgehead atoms. The van der Waals surface area contributed by atoms with Crippen molar-refractivity contribution in [2.24, 2.45) is 0 Å². The van der Waals surface area contributed by atoms with Gasteiger partial charge in [-0.3, -0.25) is 0 Å². The zero-order valence-corrected chi connectivity index (χ0v) is 11.1. The summed E-state index contributed by atoms with van der Waals surface area (Å²) in [6.45, 7) is 0. The number of hydrogen-bond acceptors (Lipinski definition) is 6. The summed E-state index contributed by atoms with van der Waals surface area (Å²) in [7, 11) is -7.01. The van der Waals surface area contributed by atoms with Crippen LogP contribution in [0.25, 0.3) is 0 Å². The van der Waals surface area contributed by atoms with E-state index in [2.05, 4.69) is 0 Å². The monoisotopic (exact) mass is 296 g/mol. The largest absolute Gasteiger partial charge is 0.475 e. The lowest BCUT2D eigenvalue weighted by atomic mass is 10.4. The maximum absolute atomic E-state index is 11.6.